The van der Waals surface area contributed by atoms with Gasteiger partial charge in [-0.1, -0.05) is 36.4 Å². The van der Waals surface area contributed by atoms with Crippen molar-refractivity contribution in [3.8, 4) is 0 Å². The standard InChI is InChI=1S/C24H24FN3O2S/c1-26(31-22-14-12-21(13-15-22)28(29)30)16-20(25)17-27-23-8-4-2-6-18(23)10-11-19-7-3-5-9-24(19)27/h2-9,12-15,20H,10-11,16-17H2,1H3. The topological polar surface area (TPSA) is 49.6 Å². The monoisotopic (exact) mass is 437 g/mol. The van der Waals surface area contributed by atoms with Crippen LogP contribution in [0, 0.1) is 10.1 Å². The first-order valence-electron chi connectivity index (χ1n) is 10.2. The van der Waals surface area contributed by atoms with Gasteiger partial charge in [0.2, 0.25) is 0 Å². The predicted octanol–water partition coefficient (Wildman–Crippen LogP) is 5.81. The van der Waals surface area contributed by atoms with Crippen LogP contribution in [0.4, 0.5) is 21.5 Å². The van der Waals surface area contributed by atoms with E-state index in [4.69, 9.17) is 0 Å². The summed E-state index contributed by atoms with van der Waals surface area (Å²) in [5.41, 5.74) is 4.66. The molecule has 7 heteroatoms. The number of hydrogen-bond acceptors (Lipinski definition) is 5. The zero-order valence-corrected chi connectivity index (χ0v) is 18.1. The Morgan fingerprint density at radius 2 is 1.55 bits per heavy atom. The summed E-state index contributed by atoms with van der Waals surface area (Å²) in [5.74, 6) is 0. The first kappa shape index (κ1) is 21.3. The van der Waals surface area contributed by atoms with E-state index in [-0.39, 0.29) is 18.8 Å². The highest BCUT2D eigenvalue weighted by Crippen LogP contribution is 2.36. The van der Waals surface area contributed by atoms with Crippen LogP contribution in [0.5, 0.6) is 0 Å². The maximum atomic E-state index is 15.2. The van der Waals surface area contributed by atoms with Crippen molar-refractivity contribution in [3.63, 3.8) is 0 Å². The first-order chi connectivity index (χ1) is 15.0. The number of hydrogen-bond donors (Lipinski definition) is 0. The molecule has 1 aliphatic heterocycles. The molecular formula is C24H24FN3O2S. The molecule has 0 saturated heterocycles. The summed E-state index contributed by atoms with van der Waals surface area (Å²) in [4.78, 5) is 13.3. The van der Waals surface area contributed by atoms with Gasteiger partial charge in [-0.15, -0.1) is 0 Å². The van der Waals surface area contributed by atoms with E-state index in [1.54, 1.807) is 12.1 Å². The highest BCUT2D eigenvalue weighted by molar-refractivity contribution is 7.97. The normalized spacial score (nSPS) is 14.0. The van der Waals surface area contributed by atoms with E-state index in [0.29, 0.717) is 0 Å². The minimum atomic E-state index is -1.07. The number of anilines is 2. The molecule has 0 bridgehead atoms. The number of non-ortho nitro benzene ring substituents is 1. The average molecular weight is 438 g/mol. The van der Waals surface area contributed by atoms with Crippen LogP contribution in [0.1, 0.15) is 11.1 Å². The van der Waals surface area contributed by atoms with E-state index in [1.165, 1.54) is 35.2 Å². The quantitative estimate of drug-likeness (QED) is 0.265. The first-order valence-corrected chi connectivity index (χ1v) is 11.0. The molecule has 3 aromatic rings. The van der Waals surface area contributed by atoms with E-state index in [2.05, 4.69) is 29.2 Å². The van der Waals surface area contributed by atoms with Crippen LogP contribution < -0.4 is 4.90 Å². The molecule has 4 rings (SSSR count). The largest absolute Gasteiger partial charge is 0.338 e. The minimum Gasteiger partial charge on any atom is -0.338 e. The number of para-hydroxylation sites is 2. The smallest absolute Gasteiger partial charge is 0.269 e. The molecule has 0 amide bonds. The van der Waals surface area contributed by atoms with Gasteiger partial charge in [0, 0.05) is 34.9 Å². The van der Waals surface area contributed by atoms with Crippen molar-refractivity contribution in [2.24, 2.45) is 0 Å². The van der Waals surface area contributed by atoms with Crippen molar-refractivity contribution in [3.05, 3.63) is 94.0 Å². The average Bonchev–Trinajstić information content (AvgIpc) is 2.91. The fourth-order valence-electron chi connectivity index (χ4n) is 3.95. The molecule has 1 aliphatic rings. The molecule has 0 radical (unpaired) electrons. The molecular weight excluding hydrogens is 413 g/mol. The zero-order valence-electron chi connectivity index (χ0n) is 17.3. The molecule has 0 saturated carbocycles. The maximum absolute atomic E-state index is 15.2. The van der Waals surface area contributed by atoms with Crippen molar-refractivity contribution >= 4 is 29.0 Å². The van der Waals surface area contributed by atoms with Gasteiger partial charge >= 0.3 is 0 Å². The Bertz CT molecular complexity index is 1010. The Kier molecular flexibility index (Phi) is 6.53. The molecule has 0 fully saturated rings. The third kappa shape index (κ3) is 5.06. The Morgan fingerprint density at radius 1 is 1.00 bits per heavy atom. The van der Waals surface area contributed by atoms with Gasteiger partial charge in [0.1, 0.15) is 6.17 Å². The maximum Gasteiger partial charge on any atom is 0.269 e. The van der Waals surface area contributed by atoms with E-state index in [1.807, 2.05) is 35.6 Å². The van der Waals surface area contributed by atoms with Gasteiger partial charge in [-0.05, 0) is 67.2 Å². The molecule has 0 N–H and O–H groups in total. The van der Waals surface area contributed by atoms with Crippen LogP contribution in [0.2, 0.25) is 0 Å². The number of halogens is 1. The lowest BCUT2D eigenvalue weighted by Gasteiger charge is -2.29. The lowest BCUT2D eigenvalue weighted by Crippen LogP contribution is -2.33. The summed E-state index contributed by atoms with van der Waals surface area (Å²) in [6.07, 6.45) is 0.808. The van der Waals surface area contributed by atoms with Crippen molar-refractivity contribution < 1.29 is 9.31 Å². The highest BCUT2D eigenvalue weighted by atomic mass is 32.2. The van der Waals surface area contributed by atoms with E-state index >= 15 is 4.39 Å². The van der Waals surface area contributed by atoms with E-state index < -0.39 is 11.1 Å². The molecule has 3 aromatic carbocycles. The van der Waals surface area contributed by atoms with Gasteiger partial charge in [0.15, 0.2) is 0 Å². The van der Waals surface area contributed by atoms with Crippen molar-refractivity contribution in [2.75, 3.05) is 25.0 Å². The second-order valence-corrected chi connectivity index (χ2v) is 8.90. The minimum absolute atomic E-state index is 0.0499. The summed E-state index contributed by atoms with van der Waals surface area (Å²) in [6, 6.07) is 22.8. The molecule has 0 spiro atoms. The fraction of sp³-hybridized carbons (Fsp3) is 0.250. The fourth-order valence-corrected chi connectivity index (χ4v) is 4.80. The SMILES string of the molecule is CN(CC(F)CN1c2ccccc2CCc2ccccc21)Sc1ccc([N+](=O)[O-])cc1. The number of benzene rings is 3. The summed E-state index contributed by atoms with van der Waals surface area (Å²) in [7, 11) is 1.84. The van der Waals surface area contributed by atoms with Crippen LogP contribution in [0.3, 0.4) is 0 Å². The van der Waals surface area contributed by atoms with Crippen molar-refractivity contribution in [1.82, 2.24) is 4.31 Å². The summed E-state index contributed by atoms with van der Waals surface area (Å²) in [6.45, 7) is 0.502. The van der Waals surface area contributed by atoms with E-state index in [0.717, 1.165) is 29.1 Å². The Balaban J connectivity index is 1.46. The number of nitro benzene ring substituents is 1. The molecule has 0 aliphatic carbocycles. The molecule has 160 valence electrons. The highest BCUT2D eigenvalue weighted by Gasteiger charge is 2.24. The number of fused-ring (bicyclic) bond motifs is 2. The third-order valence-electron chi connectivity index (χ3n) is 5.37. The van der Waals surface area contributed by atoms with Gasteiger partial charge in [-0.2, -0.15) is 0 Å². The summed E-state index contributed by atoms with van der Waals surface area (Å²) < 4.78 is 17.1. The number of aryl methyl sites for hydroxylation is 2. The van der Waals surface area contributed by atoms with Crippen LogP contribution in [0.25, 0.3) is 0 Å². The van der Waals surface area contributed by atoms with Gasteiger partial charge < -0.3 is 4.90 Å². The van der Waals surface area contributed by atoms with Gasteiger partial charge in [0.05, 0.1) is 11.5 Å². The van der Waals surface area contributed by atoms with Crippen LogP contribution in [-0.4, -0.2) is 35.5 Å². The second-order valence-electron chi connectivity index (χ2n) is 7.62. The Morgan fingerprint density at radius 3 is 2.10 bits per heavy atom. The third-order valence-corrected chi connectivity index (χ3v) is 6.32. The van der Waals surface area contributed by atoms with Gasteiger partial charge in [-0.3, -0.25) is 10.1 Å². The second kappa shape index (κ2) is 9.49. The summed E-state index contributed by atoms with van der Waals surface area (Å²) in [5, 5.41) is 10.8. The molecule has 1 heterocycles. The molecule has 31 heavy (non-hydrogen) atoms. The summed E-state index contributed by atoms with van der Waals surface area (Å²) >= 11 is 1.38. The molecule has 1 atom stereocenters. The number of nitro groups is 1. The van der Waals surface area contributed by atoms with Crippen molar-refractivity contribution in [1.29, 1.82) is 0 Å². The van der Waals surface area contributed by atoms with Crippen molar-refractivity contribution in [2.45, 2.75) is 23.9 Å². The molecule has 1 unspecified atom stereocenters. The Hall–Kier alpha value is -2.90. The number of rotatable bonds is 7. The van der Waals surface area contributed by atoms with Gasteiger partial charge in [-0.25, -0.2) is 8.70 Å². The van der Waals surface area contributed by atoms with Gasteiger partial charge in [0.25, 0.3) is 5.69 Å². The Labute approximate surface area is 185 Å². The van der Waals surface area contributed by atoms with Crippen LogP contribution in [-0.2, 0) is 12.8 Å². The van der Waals surface area contributed by atoms with Crippen LogP contribution in [0.15, 0.2) is 77.7 Å². The number of nitrogens with zero attached hydrogens (tertiary/aromatic N) is 3. The molecule has 0 aromatic heterocycles. The van der Waals surface area contributed by atoms with E-state index in [9.17, 15) is 10.1 Å². The number of alkyl halides is 1. The lowest BCUT2D eigenvalue weighted by atomic mass is 10.0. The molecule has 5 nitrogen and oxygen atoms in total. The predicted molar refractivity (Wildman–Crippen MR) is 124 cm³/mol. The lowest BCUT2D eigenvalue weighted by molar-refractivity contribution is -0.384. The zero-order chi connectivity index (χ0) is 21.8. The van der Waals surface area contributed by atoms with Crippen LogP contribution >= 0.6 is 11.9 Å².